The molecule has 0 saturated carbocycles. The number of hydrogen-bond donors (Lipinski definition) is 2. The molecular formula is C24H24Cl2N2O3S. The number of rotatable bonds is 7. The minimum Gasteiger partial charge on any atom is -0.323 e. The zero-order valence-electron chi connectivity index (χ0n) is 17.9. The molecule has 1 atom stereocenters. The third-order valence-electron chi connectivity index (χ3n) is 4.96. The Morgan fingerprint density at radius 3 is 2.16 bits per heavy atom. The SMILES string of the molecule is Cc1cc(C)c(S(=O)(=O)N[C@H](Cc2ccccc2)C(=O)Nc2ccc(Cl)cc2Cl)c(C)c1. The lowest BCUT2D eigenvalue weighted by Gasteiger charge is -2.21. The monoisotopic (exact) mass is 490 g/mol. The lowest BCUT2D eigenvalue weighted by atomic mass is 10.1. The summed E-state index contributed by atoms with van der Waals surface area (Å²) in [5, 5.41) is 3.41. The number of carbonyl (C=O) groups is 1. The third kappa shape index (κ3) is 5.90. The van der Waals surface area contributed by atoms with Crippen molar-refractivity contribution in [3.63, 3.8) is 0 Å². The molecule has 0 aliphatic heterocycles. The van der Waals surface area contributed by atoms with Crippen molar-refractivity contribution in [2.24, 2.45) is 0 Å². The van der Waals surface area contributed by atoms with E-state index in [9.17, 15) is 13.2 Å². The topological polar surface area (TPSA) is 75.3 Å². The fourth-order valence-corrected chi connectivity index (χ4v) is 5.79. The summed E-state index contributed by atoms with van der Waals surface area (Å²) in [6.07, 6.45) is 0.168. The van der Waals surface area contributed by atoms with Crippen LogP contribution in [0, 0.1) is 20.8 Å². The summed E-state index contributed by atoms with van der Waals surface area (Å²) in [5.74, 6) is -0.524. The molecule has 0 saturated heterocycles. The van der Waals surface area contributed by atoms with Crippen LogP contribution in [0.3, 0.4) is 0 Å². The zero-order chi connectivity index (χ0) is 23.5. The molecule has 0 aliphatic carbocycles. The van der Waals surface area contributed by atoms with Gasteiger partial charge in [-0.05, 0) is 62.1 Å². The fraction of sp³-hybridized carbons (Fsp3) is 0.208. The summed E-state index contributed by atoms with van der Waals surface area (Å²) >= 11 is 12.1. The van der Waals surface area contributed by atoms with Crippen LogP contribution >= 0.6 is 23.2 Å². The Morgan fingerprint density at radius 1 is 0.938 bits per heavy atom. The molecule has 0 spiro atoms. The summed E-state index contributed by atoms with van der Waals surface area (Å²) in [7, 11) is -3.98. The van der Waals surface area contributed by atoms with Gasteiger partial charge < -0.3 is 5.32 Å². The van der Waals surface area contributed by atoms with Crippen LogP contribution in [0.25, 0.3) is 0 Å². The Balaban J connectivity index is 1.94. The van der Waals surface area contributed by atoms with E-state index in [-0.39, 0.29) is 16.3 Å². The van der Waals surface area contributed by atoms with Gasteiger partial charge in [0.1, 0.15) is 6.04 Å². The van der Waals surface area contributed by atoms with Crippen LogP contribution in [0.15, 0.2) is 65.6 Å². The first-order valence-corrected chi connectivity index (χ1v) is 12.2. The second-order valence-electron chi connectivity index (χ2n) is 7.70. The molecule has 0 bridgehead atoms. The van der Waals surface area contributed by atoms with Crippen LogP contribution < -0.4 is 10.0 Å². The van der Waals surface area contributed by atoms with Gasteiger partial charge in [-0.25, -0.2) is 8.42 Å². The minimum atomic E-state index is -3.98. The van der Waals surface area contributed by atoms with Crippen LogP contribution in [-0.4, -0.2) is 20.4 Å². The Labute approximate surface area is 198 Å². The Kier molecular flexibility index (Phi) is 7.62. The molecule has 0 radical (unpaired) electrons. The normalized spacial score (nSPS) is 12.4. The van der Waals surface area contributed by atoms with Crippen LogP contribution in [0.4, 0.5) is 5.69 Å². The molecule has 168 valence electrons. The van der Waals surface area contributed by atoms with Gasteiger partial charge in [-0.1, -0.05) is 71.2 Å². The second-order valence-corrected chi connectivity index (χ2v) is 10.2. The first-order chi connectivity index (χ1) is 15.1. The quantitative estimate of drug-likeness (QED) is 0.462. The van der Waals surface area contributed by atoms with Crippen molar-refractivity contribution >= 4 is 44.8 Å². The van der Waals surface area contributed by atoms with Gasteiger partial charge in [0.15, 0.2) is 0 Å². The highest BCUT2D eigenvalue weighted by atomic mass is 35.5. The average molecular weight is 491 g/mol. The van der Waals surface area contributed by atoms with E-state index in [1.807, 2.05) is 37.3 Å². The standard InChI is InChI=1S/C24H24Cl2N2O3S/c1-15-11-16(2)23(17(3)12-15)32(30,31)28-22(13-18-7-5-4-6-8-18)24(29)27-21-10-9-19(25)14-20(21)26/h4-12,14,22,28H,13H2,1-3H3,(H,27,29)/t22-/m1/s1. The van der Waals surface area contributed by atoms with Gasteiger partial charge in [-0.3, -0.25) is 4.79 Å². The highest BCUT2D eigenvalue weighted by Gasteiger charge is 2.28. The lowest BCUT2D eigenvalue weighted by molar-refractivity contribution is -0.117. The van der Waals surface area contributed by atoms with Crippen LogP contribution in [0.1, 0.15) is 22.3 Å². The number of aryl methyl sites for hydroxylation is 3. The maximum Gasteiger partial charge on any atom is 0.242 e. The van der Waals surface area contributed by atoms with E-state index in [4.69, 9.17) is 23.2 Å². The predicted octanol–water partition coefficient (Wildman–Crippen LogP) is 5.45. The molecule has 0 heterocycles. The predicted molar refractivity (Wildman–Crippen MR) is 130 cm³/mol. The molecule has 3 aromatic carbocycles. The molecule has 32 heavy (non-hydrogen) atoms. The molecule has 5 nitrogen and oxygen atoms in total. The van der Waals surface area contributed by atoms with E-state index >= 15 is 0 Å². The molecular weight excluding hydrogens is 467 g/mol. The molecule has 0 unspecified atom stereocenters. The average Bonchev–Trinajstić information content (AvgIpc) is 2.69. The molecule has 8 heteroatoms. The van der Waals surface area contributed by atoms with Crippen molar-refractivity contribution in [3.8, 4) is 0 Å². The third-order valence-corrected chi connectivity index (χ3v) is 7.28. The fourth-order valence-electron chi connectivity index (χ4n) is 3.69. The van der Waals surface area contributed by atoms with E-state index in [1.54, 1.807) is 38.1 Å². The summed E-state index contributed by atoms with van der Waals surface area (Å²) in [5.41, 5.74) is 3.37. The number of halogens is 2. The molecule has 0 fully saturated rings. The Morgan fingerprint density at radius 2 is 1.56 bits per heavy atom. The summed E-state index contributed by atoms with van der Waals surface area (Å²) in [6, 6.07) is 16.4. The second kappa shape index (κ2) is 10.0. The van der Waals surface area contributed by atoms with Crippen LogP contribution in [0.2, 0.25) is 10.0 Å². The minimum absolute atomic E-state index is 0.168. The van der Waals surface area contributed by atoms with Crippen molar-refractivity contribution in [1.29, 1.82) is 0 Å². The number of carbonyl (C=O) groups excluding carboxylic acids is 1. The molecule has 3 aromatic rings. The summed E-state index contributed by atoms with van der Waals surface area (Å²) in [4.78, 5) is 13.3. The van der Waals surface area contributed by atoms with Gasteiger partial charge in [-0.2, -0.15) is 4.72 Å². The van der Waals surface area contributed by atoms with Gasteiger partial charge in [0.2, 0.25) is 15.9 Å². The van der Waals surface area contributed by atoms with Crippen LogP contribution in [-0.2, 0) is 21.2 Å². The molecule has 0 aliphatic rings. The number of benzene rings is 3. The highest BCUT2D eigenvalue weighted by molar-refractivity contribution is 7.89. The van der Waals surface area contributed by atoms with E-state index in [0.717, 1.165) is 11.1 Å². The van der Waals surface area contributed by atoms with Crippen molar-refractivity contribution in [3.05, 3.63) is 93.0 Å². The number of nitrogens with one attached hydrogen (secondary N) is 2. The summed E-state index contributed by atoms with van der Waals surface area (Å²) < 4.78 is 29.2. The van der Waals surface area contributed by atoms with E-state index in [1.165, 1.54) is 6.07 Å². The number of amides is 1. The first-order valence-electron chi connectivity index (χ1n) is 9.97. The van der Waals surface area contributed by atoms with Crippen molar-refractivity contribution < 1.29 is 13.2 Å². The molecule has 1 amide bonds. The Hall–Kier alpha value is -2.38. The summed E-state index contributed by atoms with van der Waals surface area (Å²) in [6.45, 7) is 5.40. The van der Waals surface area contributed by atoms with E-state index in [0.29, 0.717) is 21.8 Å². The van der Waals surface area contributed by atoms with Gasteiger partial charge in [0.05, 0.1) is 15.6 Å². The lowest BCUT2D eigenvalue weighted by Crippen LogP contribution is -2.45. The number of sulfonamides is 1. The van der Waals surface area contributed by atoms with Gasteiger partial charge in [0, 0.05) is 5.02 Å². The number of hydrogen-bond acceptors (Lipinski definition) is 3. The van der Waals surface area contributed by atoms with Crippen LogP contribution in [0.5, 0.6) is 0 Å². The largest absolute Gasteiger partial charge is 0.323 e. The van der Waals surface area contributed by atoms with Crippen molar-refractivity contribution in [2.75, 3.05) is 5.32 Å². The molecule has 0 aromatic heterocycles. The number of anilines is 1. The smallest absolute Gasteiger partial charge is 0.242 e. The maximum atomic E-state index is 13.3. The Bertz CT molecular complexity index is 1220. The van der Waals surface area contributed by atoms with E-state index < -0.39 is 22.0 Å². The van der Waals surface area contributed by atoms with Crippen molar-refractivity contribution in [2.45, 2.75) is 38.1 Å². The zero-order valence-corrected chi connectivity index (χ0v) is 20.3. The van der Waals surface area contributed by atoms with Gasteiger partial charge in [0.25, 0.3) is 0 Å². The maximum absolute atomic E-state index is 13.3. The first kappa shape index (κ1) is 24.3. The molecule has 3 rings (SSSR count). The molecule has 2 N–H and O–H groups in total. The van der Waals surface area contributed by atoms with Crippen molar-refractivity contribution in [1.82, 2.24) is 4.72 Å². The highest BCUT2D eigenvalue weighted by Crippen LogP contribution is 2.26. The van der Waals surface area contributed by atoms with Gasteiger partial charge in [-0.15, -0.1) is 0 Å². The van der Waals surface area contributed by atoms with E-state index in [2.05, 4.69) is 10.0 Å². The van der Waals surface area contributed by atoms with Gasteiger partial charge >= 0.3 is 0 Å².